The van der Waals surface area contributed by atoms with Crippen molar-refractivity contribution in [1.29, 1.82) is 0 Å². The predicted molar refractivity (Wildman–Crippen MR) is 68.9 cm³/mol. The normalized spacial score (nSPS) is 17.0. The fourth-order valence-corrected chi connectivity index (χ4v) is 2.90. The van der Waals surface area contributed by atoms with Gasteiger partial charge >= 0.3 is 0 Å². The number of carbonyl (C=O) groups is 1. The van der Waals surface area contributed by atoms with Crippen LogP contribution in [0.25, 0.3) is 0 Å². The molecule has 0 aromatic heterocycles. The Balaban J connectivity index is 1.86. The largest absolute Gasteiger partial charge is 0.298 e. The summed E-state index contributed by atoms with van der Waals surface area (Å²) >= 11 is 1.92. The number of ketones is 1. The Bertz CT molecular complexity index is 391. The van der Waals surface area contributed by atoms with Gasteiger partial charge in [0.25, 0.3) is 0 Å². The van der Waals surface area contributed by atoms with E-state index in [1.54, 1.807) is 18.2 Å². The molecule has 2 nitrogen and oxygen atoms in total. The molecule has 1 aliphatic rings. The molecule has 0 spiro atoms. The van der Waals surface area contributed by atoms with Crippen LogP contribution in [-0.2, 0) is 11.2 Å². The maximum atomic E-state index is 13.4. The van der Waals surface area contributed by atoms with E-state index < -0.39 is 0 Å². The molecule has 1 aromatic carbocycles. The molecule has 92 valence electrons. The maximum absolute atomic E-state index is 13.4. The Morgan fingerprint density at radius 3 is 2.71 bits per heavy atom. The van der Waals surface area contributed by atoms with Crippen LogP contribution >= 0.6 is 11.8 Å². The molecule has 2 rings (SSSR count). The highest BCUT2D eigenvalue weighted by molar-refractivity contribution is 7.99. The molecule has 4 heteroatoms. The Morgan fingerprint density at radius 1 is 1.29 bits per heavy atom. The lowest BCUT2D eigenvalue weighted by Crippen LogP contribution is -2.37. The van der Waals surface area contributed by atoms with E-state index in [0.29, 0.717) is 12.1 Å². The molecule has 1 fully saturated rings. The Kier molecular flexibility index (Phi) is 4.57. The summed E-state index contributed by atoms with van der Waals surface area (Å²) in [6.45, 7) is 2.39. The zero-order chi connectivity index (χ0) is 12.1. The predicted octanol–water partition coefficient (Wildman–Crippen LogP) is 1.99. The van der Waals surface area contributed by atoms with Gasteiger partial charge in [-0.3, -0.25) is 9.69 Å². The molecule has 1 aromatic rings. The van der Waals surface area contributed by atoms with Gasteiger partial charge in [0, 0.05) is 31.0 Å². The molecule has 0 saturated carbocycles. The van der Waals surface area contributed by atoms with Gasteiger partial charge in [0.1, 0.15) is 5.82 Å². The topological polar surface area (TPSA) is 20.3 Å². The van der Waals surface area contributed by atoms with Gasteiger partial charge in [-0.25, -0.2) is 4.39 Å². The van der Waals surface area contributed by atoms with Crippen molar-refractivity contribution in [3.8, 4) is 0 Å². The molecule has 1 aliphatic heterocycles. The van der Waals surface area contributed by atoms with Crippen molar-refractivity contribution >= 4 is 17.5 Å². The highest BCUT2D eigenvalue weighted by Gasteiger charge is 2.15. The fourth-order valence-electron chi connectivity index (χ4n) is 1.92. The molecule has 0 aliphatic carbocycles. The van der Waals surface area contributed by atoms with Crippen LogP contribution < -0.4 is 0 Å². The monoisotopic (exact) mass is 253 g/mol. The number of benzene rings is 1. The van der Waals surface area contributed by atoms with Crippen LogP contribution in [0.15, 0.2) is 24.3 Å². The lowest BCUT2D eigenvalue weighted by Gasteiger charge is -2.25. The third-order valence-electron chi connectivity index (χ3n) is 2.85. The van der Waals surface area contributed by atoms with E-state index in [-0.39, 0.29) is 18.0 Å². The lowest BCUT2D eigenvalue weighted by molar-refractivity contribution is -0.119. The van der Waals surface area contributed by atoms with Gasteiger partial charge in [-0.2, -0.15) is 11.8 Å². The number of halogens is 1. The van der Waals surface area contributed by atoms with E-state index in [0.717, 1.165) is 24.6 Å². The third-order valence-corrected chi connectivity index (χ3v) is 3.79. The number of thioether (sulfide) groups is 1. The minimum atomic E-state index is -0.282. The van der Waals surface area contributed by atoms with Crippen LogP contribution in [0, 0.1) is 5.82 Å². The van der Waals surface area contributed by atoms with Crippen molar-refractivity contribution in [3.63, 3.8) is 0 Å². The van der Waals surface area contributed by atoms with E-state index in [1.165, 1.54) is 6.07 Å². The number of hydrogen-bond acceptors (Lipinski definition) is 3. The summed E-state index contributed by atoms with van der Waals surface area (Å²) in [5.74, 6) is 2.00. The molecular weight excluding hydrogens is 237 g/mol. The average molecular weight is 253 g/mol. The maximum Gasteiger partial charge on any atom is 0.151 e. The van der Waals surface area contributed by atoms with Gasteiger partial charge in [-0.05, 0) is 11.6 Å². The van der Waals surface area contributed by atoms with Crippen molar-refractivity contribution in [1.82, 2.24) is 4.90 Å². The van der Waals surface area contributed by atoms with E-state index >= 15 is 0 Å². The van der Waals surface area contributed by atoms with Gasteiger partial charge in [0.05, 0.1) is 6.54 Å². The van der Waals surface area contributed by atoms with Crippen LogP contribution in [0.4, 0.5) is 4.39 Å². The van der Waals surface area contributed by atoms with Crippen LogP contribution in [0.5, 0.6) is 0 Å². The first kappa shape index (κ1) is 12.6. The molecule has 1 saturated heterocycles. The van der Waals surface area contributed by atoms with Crippen LogP contribution in [0.2, 0.25) is 0 Å². The van der Waals surface area contributed by atoms with Gasteiger partial charge < -0.3 is 0 Å². The van der Waals surface area contributed by atoms with Crippen molar-refractivity contribution in [3.05, 3.63) is 35.6 Å². The fraction of sp³-hybridized carbons (Fsp3) is 0.462. The Hall–Kier alpha value is -0.870. The van der Waals surface area contributed by atoms with Gasteiger partial charge in [0.2, 0.25) is 0 Å². The smallest absolute Gasteiger partial charge is 0.151 e. The lowest BCUT2D eigenvalue weighted by atomic mass is 10.1. The summed E-state index contributed by atoms with van der Waals surface area (Å²) in [5, 5.41) is 0. The average Bonchev–Trinajstić information content (AvgIpc) is 2.33. The van der Waals surface area contributed by atoms with Crippen molar-refractivity contribution in [2.24, 2.45) is 0 Å². The first-order chi connectivity index (χ1) is 8.25. The second kappa shape index (κ2) is 6.17. The molecule has 0 unspecified atom stereocenters. The minimum Gasteiger partial charge on any atom is -0.298 e. The number of nitrogens with zero attached hydrogens (tertiary/aromatic N) is 1. The standard InChI is InChI=1S/C13H16FNOS/c14-13-4-2-1-3-11(13)9-12(16)10-15-5-7-17-8-6-15/h1-4H,5-10H2. The van der Waals surface area contributed by atoms with Crippen LogP contribution in [0.3, 0.4) is 0 Å². The number of Topliss-reactive ketones (excluding diaryl/α,β-unsaturated/α-hetero) is 1. The molecule has 0 radical (unpaired) electrons. The molecule has 0 bridgehead atoms. The summed E-state index contributed by atoms with van der Waals surface area (Å²) < 4.78 is 13.4. The molecule has 0 atom stereocenters. The quantitative estimate of drug-likeness (QED) is 0.818. The van der Waals surface area contributed by atoms with Crippen LogP contribution in [0.1, 0.15) is 5.56 Å². The first-order valence-corrected chi connectivity index (χ1v) is 6.96. The second-order valence-corrected chi connectivity index (χ2v) is 5.42. The summed E-state index contributed by atoms with van der Waals surface area (Å²) in [6, 6.07) is 6.49. The number of carbonyl (C=O) groups excluding carboxylic acids is 1. The van der Waals surface area contributed by atoms with Gasteiger partial charge in [0.15, 0.2) is 5.78 Å². The third kappa shape index (κ3) is 3.82. The Morgan fingerprint density at radius 2 is 2.00 bits per heavy atom. The highest BCUT2D eigenvalue weighted by Crippen LogP contribution is 2.11. The second-order valence-electron chi connectivity index (χ2n) is 4.20. The molecule has 17 heavy (non-hydrogen) atoms. The molecule has 0 N–H and O–H groups in total. The minimum absolute atomic E-state index is 0.0991. The van der Waals surface area contributed by atoms with Crippen molar-refractivity contribution < 1.29 is 9.18 Å². The van der Waals surface area contributed by atoms with Crippen LogP contribution in [-0.4, -0.2) is 41.8 Å². The summed E-state index contributed by atoms with van der Waals surface area (Å²) in [6.07, 6.45) is 0.205. The molecular formula is C13H16FNOS. The summed E-state index contributed by atoms with van der Waals surface area (Å²) in [7, 11) is 0. The Labute approximate surface area is 105 Å². The highest BCUT2D eigenvalue weighted by atomic mass is 32.2. The number of rotatable bonds is 4. The zero-order valence-corrected chi connectivity index (χ0v) is 10.5. The number of hydrogen-bond donors (Lipinski definition) is 0. The first-order valence-electron chi connectivity index (χ1n) is 5.81. The summed E-state index contributed by atoms with van der Waals surface area (Å²) in [4.78, 5) is 14.0. The van der Waals surface area contributed by atoms with Gasteiger partial charge in [-0.15, -0.1) is 0 Å². The molecule has 0 amide bonds. The summed E-state index contributed by atoms with van der Waals surface area (Å²) in [5.41, 5.74) is 0.504. The zero-order valence-electron chi connectivity index (χ0n) is 9.69. The van der Waals surface area contributed by atoms with Crippen molar-refractivity contribution in [2.45, 2.75) is 6.42 Å². The molecule has 1 heterocycles. The SMILES string of the molecule is O=C(Cc1ccccc1F)CN1CCSCC1. The van der Waals surface area contributed by atoms with E-state index in [4.69, 9.17) is 0 Å². The van der Waals surface area contributed by atoms with E-state index in [9.17, 15) is 9.18 Å². The van der Waals surface area contributed by atoms with E-state index in [2.05, 4.69) is 4.90 Å². The van der Waals surface area contributed by atoms with E-state index in [1.807, 2.05) is 11.8 Å². The van der Waals surface area contributed by atoms with Crippen molar-refractivity contribution in [2.75, 3.05) is 31.1 Å². The van der Waals surface area contributed by atoms with Gasteiger partial charge in [-0.1, -0.05) is 18.2 Å².